The number of carbonyl (C=O) groups is 3. The predicted octanol–water partition coefficient (Wildman–Crippen LogP) is 5.47. The Balaban J connectivity index is 1.47. The average Bonchev–Trinajstić information content (AvgIpc) is 3.39. The van der Waals surface area contributed by atoms with Crippen molar-refractivity contribution in [3.63, 3.8) is 0 Å². The molecule has 2 saturated carbocycles. The highest BCUT2D eigenvalue weighted by molar-refractivity contribution is 5.95. The number of unbranched alkanes of at least 4 members (excludes halogenated alkanes) is 2. The van der Waals surface area contributed by atoms with E-state index in [1.807, 2.05) is 37.4 Å². The number of ether oxygens (including phenoxy) is 3. The first-order valence-electron chi connectivity index (χ1n) is 17.5. The molecular formula is C38H50N6O6. The Morgan fingerprint density at radius 3 is 2.54 bits per heavy atom. The summed E-state index contributed by atoms with van der Waals surface area (Å²) in [5.41, 5.74) is 1.18. The number of hydrogen-bond donors (Lipinski definition) is 1. The van der Waals surface area contributed by atoms with Crippen LogP contribution in [-0.4, -0.2) is 81.4 Å². The SMILES string of the molecule is C=CCCCCN(C)C(=O)[C@@H]1C[C@H](Oc2nc(-n3ccc(C(C)C)n3)nc3c(C)c(OC)ccc23)C[C@H]1C(=O)N[C@]1(C(=O)OCC)C[C@H]1C=C. The quantitative estimate of drug-likeness (QED) is 0.118. The molecule has 0 radical (unpaired) electrons. The van der Waals surface area contributed by atoms with Gasteiger partial charge in [0.1, 0.15) is 17.4 Å². The highest BCUT2D eigenvalue weighted by Gasteiger charge is 2.62. The normalized spacial score (nSPS) is 22.6. The lowest BCUT2D eigenvalue weighted by atomic mass is 9.93. The maximum Gasteiger partial charge on any atom is 0.332 e. The molecule has 50 heavy (non-hydrogen) atoms. The first-order chi connectivity index (χ1) is 24.0. The summed E-state index contributed by atoms with van der Waals surface area (Å²) >= 11 is 0. The fourth-order valence-corrected chi connectivity index (χ4v) is 6.86. The molecule has 5 atom stereocenters. The number of methoxy groups -OCH3 is 1. The summed E-state index contributed by atoms with van der Waals surface area (Å²) in [5, 5.41) is 8.34. The number of carbonyl (C=O) groups excluding carboxylic acids is 3. The van der Waals surface area contributed by atoms with Crippen LogP contribution in [0.15, 0.2) is 49.7 Å². The molecule has 2 aliphatic rings. The lowest BCUT2D eigenvalue weighted by Crippen LogP contribution is -2.50. The minimum Gasteiger partial charge on any atom is -0.496 e. The van der Waals surface area contributed by atoms with Gasteiger partial charge in [0.2, 0.25) is 17.7 Å². The van der Waals surface area contributed by atoms with Crippen LogP contribution in [0.1, 0.15) is 76.5 Å². The number of esters is 1. The van der Waals surface area contributed by atoms with Crippen molar-refractivity contribution in [1.82, 2.24) is 30.0 Å². The number of aromatic nitrogens is 4. The molecule has 0 unspecified atom stereocenters. The maximum absolute atomic E-state index is 14.1. The van der Waals surface area contributed by atoms with Gasteiger partial charge in [-0.25, -0.2) is 14.5 Å². The van der Waals surface area contributed by atoms with Crippen LogP contribution in [0, 0.1) is 24.7 Å². The Labute approximate surface area is 294 Å². The van der Waals surface area contributed by atoms with Crippen LogP contribution in [-0.2, 0) is 19.1 Å². The van der Waals surface area contributed by atoms with Crippen LogP contribution in [0.3, 0.4) is 0 Å². The van der Waals surface area contributed by atoms with E-state index in [1.165, 1.54) is 0 Å². The average molecular weight is 687 g/mol. The van der Waals surface area contributed by atoms with Crippen LogP contribution >= 0.6 is 0 Å². The third-order valence-corrected chi connectivity index (χ3v) is 9.92. The van der Waals surface area contributed by atoms with Gasteiger partial charge in [0.05, 0.1) is 42.1 Å². The molecule has 2 amide bonds. The van der Waals surface area contributed by atoms with Crippen LogP contribution in [0.5, 0.6) is 11.6 Å². The Bertz CT molecular complexity index is 1750. The van der Waals surface area contributed by atoms with Gasteiger partial charge in [-0.05, 0) is 76.5 Å². The number of allylic oxidation sites excluding steroid dienone is 1. The molecule has 1 aromatic carbocycles. The molecule has 0 aliphatic heterocycles. The van der Waals surface area contributed by atoms with Gasteiger partial charge in [-0.1, -0.05) is 26.0 Å². The Morgan fingerprint density at radius 1 is 1.14 bits per heavy atom. The zero-order valence-electron chi connectivity index (χ0n) is 30.1. The van der Waals surface area contributed by atoms with Crippen LogP contribution in [0.25, 0.3) is 16.9 Å². The maximum atomic E-state index is 14.1. The van der Waals surface area contributed by atoms with Crippen molar-refractivity contribution in [2.75, 3.05) is 27.3 Å². The van der Waals surface area contributed by atoms with Gasteiger partial charge in [0.15, 0.2) is 0 Å². The third kappa shape index (κ3) is 7.39. The van der Waals surface area contributed by atoms with Gasteiger partial charge < -0.3 is 24.4 Å². The second-order valence-corrected chi connectivity index (χ2v) is 13.7. The van der Waals surface area contributed by atoms with E-state index in [1.54, 1.807) is 36.7 Å². The smallest absolute Gasteiger partial charge is 0.332 e. The largest absolute Gasteiger partial charge is 0.496 e. The molecule has 268 valence electrons. The van der Waals surface area contributed by atoms with E-state index < -0.39 is 29.4 Å². The van der Waals surface area contributed by atoms with E-state index in [-0.39, 0.29) is 36.7 Å². The standard InChI is InChI=1S/C38H50N6O6/c1-9-12-13-14-18-43(7)35(46)29-21-26(20-28(29)33(45)41-38(22-25(38)10-2)36(47)49-11-3)50-34-27-15-16-31(48-8)24(6)32(27)39-37(40-34)44-19-17-30(42-44)23(4)5/h9-10,15-17,19,23,25-26,28-29H,1-2,11-14,18,20-22H2,3-8H3,(H,41,45)/t25-,26-,28-,29-,38-/m1/s1. The molecule has 3 aromatic rings. The van der Waals surface area contributed by atoms with Crippen molar-refractivity contribution in [3.05, 3.63) is 61.0 Å². The van der Waals surface area contributed by atoms with Gasteiger partial charge in [-0.2, -0.15) is 10.1 Å². The number of amides is 2. The van der Waals surface area contributed by atoms with Crippen molar-refractivity contribution in [1.29, 1.82) is 0 Å². The molecule has 5 rings (SSSR count). The zero-order chi connectivity index (χ0) is 36.2. The summed E-state index contributed by atoms with van der Waals surface area (Å²) in [6.07, 6.45) is 8.35. The summed E-state index contributed by atoms with van der Waals surface area (Å²) in [7, 11) is 3.38. The number of nitrogens with zero attached hydrogens (tertiary/aromatic N) is 5. The van der Waals surface area contributed by atoms with E-state index in [4.69, 9.17) is 24.2 Å². The van der Waals surface area contributed by atoms with Crippen LogP contribution < -0.4 is 14.8 Å². The van der Waals surface area contributed by atoms with Gasteiger partial charge in [0, 0.05) is 31.3 Å². The van der Waals surface area contributed by atoms with Crippen molar-refractivity contribution in [3.8, 4) is 17.6 Å². The number of rotatable bonds is 16. The molecule has 2 aromatic heterocycles. The highest BCUT2D eigenvalue weighted by atomic mass is 16.5. The van der Waals surface area contributed by atoms with E-state index in [0.29, 0.717) is 47.9 Å². The number of benzene rings is 1. The molecule has 1 N–H and O–H groups in total. The Kier molecular flexibility index (Phi) is 11.3. The number of fused-ring (bicyclic) bond motifs is 1. The van der Waals surface area contributed by atoms with Gasteiger partial charge in [0.25, 0.3) is 5.95 Å². The summed E-state index contributed by atoms with van der Waals surface area (Å²) in [4.78, 5) is 52.5. The fraction of sp³-hybridized carbons (Fsp3) is 0.526. The van der Waals surface area contributed by atoms with Gasteiger partial charge >= 0.3 is 5.97 Å². The van der Waals surface area contributed by atoms with Crippen LogP contribution in [0.2, 0.25) is 0 Å². The molecule has 2 fully saturated rings. The molecule has 0 bridgehead atoms. The highest BCUT2D eigenvalue weighted by Crippen LogP contribution is 2.47. The molecule has 0 spiro atoms. The second-order valence-electron chi connectivity index (χ2n) is 13.7. The first-order valence-corrected chi connectivity index (χ1v) is 17.5. The monoisotopic (exact) mass is 686 g/mol. The van der Waals surface area contributed by atoms with Crippen molar-refractivity contribution in [2.24, 2.45) is 17.8 Å². The van der Waals surface area contributed by atoms with Crippen molar-refractivity contribution in [2.45, 2.75) is 83.8 Å². The summed E-state index contributed by atoms with van der Waals surface area (Å²) < 4.78 is 19.2. The molecule has 2 heterocycles. The zero-order valence-corrected chi connectivity index (χ0v) is 30.1. The second kappa shape index (κ2) is 15.4. The predicted molar refractivity (Wildman–Crippen MR) is 190 cm³/mol. The topological polar surface area (TPSA) is 138 Å². The van der Waals surface area contributed by atoms with Gasteiger partial charge in [-0.15, -0.1) is 13.2 Å². The van der Waals surface area contributed by atoms with Crippen LogP contribution in [0.4, 0.5) is 0 Å². The van der Waals surface area contributed by atoms with E-state index in [9.17, 15) is 14.4 Å². The minimum absolute atomic E-state index is 0.136. The third-order valence-electron chi connectivity index (χ3n) is 9.92. The lowest BCUT2D eigenvalue weighted by Gasteiger charge is -2.26. The molecule has 12 heteroatoms. The summed E-state index contributed by atoms with van der Waals surface area (Å²) in [6.45, 7) is 16.1. The van der Waals surface area contributed by atoms with E-state index in [0.717, 1.165) is 30.5 Å². The number of nitrogens with one attached hydrogen (secondary N) is 1. The summed E-state index contributed by atoms with van der Waals surface area (Å²) in [5.74, 6) is -1.12. The molecule has 12 nitrogen and oxygen atoms in total. The molecule has 2 aliphatic carbocycles. The fourth-order valence-electron chi connectivity index (χ4n) is 6.86. The Morgan fingerprint density at radius 2 is 1.90 bits per heavy atom. The number of aryl methyl sites for hydroxylation is 1. The number of hydrogen-bond acceptors (Lipinski definition) is 9. The van der Waals surface area contributed by atoms with Gasteiger partial charge in [-0.3, -0.25) is 9.59 Å². The molecule has 0 saturated heterocycles. The Hall–Kier alpha value is -4.74. The summed E-state index contributed by atoms with van der Waals surface area (Å²) in [6, 6.07) is 5.63. The van der Waals surface area contributed by atoms with E-state index >= 15 is 0 Å². The lowest BCUT2D eigenvalue weighted by molar-refractivity contribution is -0.150. The van der Waals surface area contributed by atoms with Crippen molar-refractivity contribution < 1.29 is 28.6 Å². The van der Waals surface area contributed by atoms with E-state index in [2.05, 4.69) is 37.4 Å². The van der Waals surface area contributed by atoms with Crippen molar-refractivity contribution >= 4 is 28.7 Å². The first kappa shape index (κ1) is 36.5. The molecular weight excluding hydrogens is 636 g/mol. The minimum atomic E-state index is -1.18.